The van der Waals surface area contributed by atoms with Gasteiger partial charge in [0.25, 0.3) is 6.43 Å². The minimum atomic E-state index is -2.60. The molecule has 0 bridgehead atoms. The van der Waals surface area contributed by atoms with Crippen LogP contribution in [0.25, 0.3) is 22.3 Å². The summed E-state index contributed by atoms with van der Waals surface area (Å²) in [5, 5.41) is -0.198. The van der Waals surface area contributed by atoms with Crippen LogP contribution in [-0.4, -0.2) is 25.9 Å². The van der Waals surface area contributed by atoms with Crippen LogP contribution in [0.15, 0.2) is 18.3 Å². The Hall–Kier alpha value is -2.22. The first-order chi connectivity index (χ1) is 11.5. The number of hydrogen-bond donors (Lipinski definition) is 0. The lowest BCUT2D eigenvalue weighted by atomic mass is 10.1. The molecule has 9 heteroatoms. The maximum atomic E-state index is 14.4. The molecule has 3 aromatic rings. The second kappa shape index (κ2) is 5.41. The Morgan fingerprint density at radius 3 is 2.71 bits per heavy atom. The van der Waals surface area contributed by atoms with Gasteiger partial charge < -0.3 is 4.57 Å². The Morgan fingerprint density at radius 1 is 1.17 bits per heavy atom. The van der Waals surface area contributed by atoms with E-state index in [0.717, 1.165) is 12.3 Å². The lowest BCUT2D eigenvalue weighted by Gasteiger charge is -2.13. The second-order valence-corrected chi connectivity index (χ2v) is 5.84. The standard InChI is InChI=1S/C15H9ClF4N4/c16-15-21-5-8(18)12(23-15)6-3-7(17)13-10(4-6)24-9(14(19)20)1-2-11(24)22-13/h3-5,9,14H,1-2H2/t9-/m0/s1. The highest BCUT2D eigenvalue weighted by atomic mass is 35.5. The summed E-state index contributed by atoms with van der Waals surface area (Å²) in [5.41, 5.74) is 0.0685. The molecule has 124 valence electrons. The summed E-state index contributed by atoms with van der Waals surface area (Å²) in [6.07, 6.45) is -1.16. The predicted molar refractivity (Wildman–Crippen MR) is 79.0 cm³/mol. The zero-order valence-electron chi connectivity index (χ0n) is 12.0. The highest BCUT2D eigenvalue weighted by molar-refractivity contribution is 6.28. The molecule has 1 atom stereocenters. The van der Waals surface area contributed by atoms with Gasteiger partial charge in [0.15, 0.2) is 11.6 Å². The van der Waals surface area contributed by atoms with Gasteiger partial charge in [-0.2, -0.15) is 0 Å². The van der Waals surface area contributed by atoms with Crippen molar-refractivity contribution in [1.82, 2.24) is 19.5 Å². The molecule has 0 saturated carbocycles. The van der Waals surface area contributed by atoms with E-state index in [0.29, 0.717) is 12.2 Å². The summed E-state index contributed by atoms with van der Waals surface area (Å²) in [5.74, 6) is -1.12. The summed E-state index contributed by atoms with van der Waals surface area (Å²) >= 11 is 5.66. The summed E-state index contributed by atoms with van der Waals surface area (Å²) in [7, 11) is 0. The molecule has 1 aromatic carbocycles. The van der Waals surface area contributed by atoms with Gasteiger partial charge in [0, 0.05) is 12.0 Å². The number of alkyl halides is 2. The van der Waals surface area contributed by atoms with Crippen LogP contribution in [0.3, 0.4) is 0 Å². The molecular weight excluding hydrogens is 348 g/mol. The molecule has 0 unspecified atom stereocenters. The number of hydrogen-bond acceptors (Lipinski definition) is 3. The fourth-order valence-corrected chi connectivity index (χ4v) is 3.21. The third kappa shape index (κ3) is 2.24. The quantitative estimate of drug-likeness (QED) is 0.511. The molecule has 0 fully saturated rings. The maximum absolute atomic E-state index is 14.4. The normalized spacial score (nSPS) is 17.0. The van der Waals surface area contributed by atoms with E-state index >= 15 is 0 Å². The van der Waals surface area contributed by atoms with E-state index in [4.69, 9.17) is 11.6 Å². The van der Waals surface area contributed by atoms with Gasteiger partial charge in [0.2, 0.25) is 5.28 Å². The molecule has 0 aliphatic carbocycles. The molecule has 4 rings (SSSR count). The average molecular weight is 357 g/mol. The van der Waals surface area contributed by atoms with Gasteiger partial charge in [-0.1, -0.05) is 0 Å². The second-order valence-electron chi connectivity index (χ2n) is 5.50. The van der Waals surface area contributed by atoms with E-state index in [1.54, 1.807) is 0 Å². The fraction of sp³-hybridized carbons (Fsp3) is 0.267. The van der Waals surface area contributed by atoms with Crippen molar-refractivity contribution in [3.05, 3.63) is 41.1 Å². The molecule has 24 heavy (non-hydrogen) atoms. The molecule has 0 saturated heterocycles. The van der Waals surface area contributed by atoms with Crippen LogP contribution in [0.1, 0.15) is 18.3 Å². The van der Waals surface area contributed by atoms with Crippen molar-refractivity contribution >= 4 is 22.6 Å². The van der Waals surface area contributed by atoms with E-state index in [1.165, 1.54) is 10.6 Å². The van der Waals surface area contributed by atoms with E-state index < -0.39 is 24.1 Å². The number of aryl methyl sites for hydroxylation is 1. The number of rotatable bonds is 2. The summed E-state index contributed by atoms with van der Waals surface area (Å²) in [4.78, 5) is 11.4. The zero-order valence-corrected chi connectivity index (χ0v) is 12.7. The van der Waals surface area contributed by atoms with Crippen LogP contribution in [0.2, 0.25) is 5.28 Å². The van der Waals surface area contributed by atoms with Crippen LogP contribution < -0.4 is 0 Å². The number of nitrogens with zero attached hydrogens (tertiary/aromatic N) is 4. The Bertz CT molecular complexity index is 956. The van der Waals surface area contributed by atoms with Crippen molar-refractivity contribution in [3.8, 4) is 11.3 Å². The lowest BCUT2D eigenvalue weighted by molar-refractivity contribution is 0.0883. The third-order valence-corrected chi connectivity index (χ3v) is 4.28. The van der Waals surface area contributed by atoms with Gasteiger partial charge in [0.1, 0.15) is 17.0 Å². The SMILES string of the molecule is Fc1cnc(Cl)nc1-c1cc(F)c2nc3n(c2c1)[C@H](C(F)F)CC3. The van der Waals surface area contributed by atoms with Gasteiger partial charge in [-0.25, -0.2) is 32.5 Å². The molecular formula is C15H9ClF4N4. The minimum absolute atomic E-state index is 0.0142. The molecule has 1 aliphatic rings. The van der Waals surface area contributed by atoms with E-state index in [-0.39, 0.29) is 34.0 Å². The van der Waals surface area contributed by atoms with Gasteiger partial charge in [-0.15, -0.1) is 0 Å². The minimum Gasteiger partial charge on any atom is -0.319 e. The van der Waals surface area contributed by atoms with Crippen LogP contribution >= 0.6 is 11.6 Å². The topological polar surface area (TPSA) is 43.6 Å². The molecule has 0 spiro atoms. The molecule has 0 radical (unpaired) electrons. The number of benzene rings is 1. The average Bonchev–Trinajstić information content (AvgIpc) is 3.09. The van der Waals surface area contributed by atoms with Crippen molar-refractivity contribution in [2.45, 2.75) is 25.3 Å². The highest BCUT2D eigenvalue weighted by Gasteiger charge is 2.33. The summed E-state index contributed by atoms with van der Waals surface area (Å²) in [6, 6.07) is 1.39. The highest BCUT2D eigenvalue weighted by Crippen LogP contribution is 2.37. The Balaban J connectivity index is 1.97. The van der Waals surface area contributed by atoms with E-state index in [1.807, 2.05) is 0 Å². The summed E-state index contributed by atoms with van der Waals surface area (Å²) < 4.78 is 56.1. The van der Waals surface area contributed by atoms with Crippen LogP contribution in [-0.2, 0) is 6.42 Å². The first kappa shape index (κ1) is 15.3. The van der Waals surface area contributed by atoms with Gasteiger partial charge in [-0.05, 0) is 30.2 Å². The van der Waals surface area contributed by atoms with Crippen molar-refractivity contribution in [1.29, 1.82) is 0 Å². The largest absolute Gasteiger partial charge is 0.319 e. The van der Waals surface area contributed by atoms with Crippen molar-refractivity contribution in [2.24, 2.45) is 0 Å². The van der Waals surface area contributed by atoms with E-state index in [2.05, 4.69) is 15.0 Å². The van der Waals surface area contributed by atoms with Crippen molar-refractivity contribution in [2.75, 3.05) is 0 Å². The first-order valence-electron chi connectivity index (χ1n) is 7.12. The molecule has 0 amide bonds. The van der Waals surface area contributed by atoms with Gasteiger partial charge >= 0.3 is 0 Å². The van der Waals surface area contributed by atoms with Crippen LogP contribution in [0, 0.1) is 11.6 Å². The smallest absolute Gasteiger partial charge is 0.259 e. The first-order valence-corrected chi connectivity index (χ1v) is 7.50. The molecule has 2 aromatic heterocycles. The number of aromatic nitrogens is 4. The monoisotopic (exact) mass is 356 g/mol. The van der Waals surface area contributed by atoms with Gasteiger partial charge in [0.05, 0.1) is 17.8 Å². The third-order valence-electron chi connectivity index (χ3n) is 4.10. The van der Waals surface area contributed by atoms with Gasteiger partial charge in [-0.3, -0.25) is 0 Å². The summed E-state index contributed by atoms with van der Waals surface area (Å²) in [6.45, 7) is 0. The Morgan fingerprint density at radius 2 is 1.96 bits per heavy atom. The lowest BCUT2D eigenvalue weighted by Crippen LogP contribution is -2.12. The molecule has 0 N–H and O–H groups in total. The van der Waals surface area contributed by atoms with Crippen LogP contribution in [0.5, 0.6) is 0 Å². The predicted octanol–water partition coefficient (Wildman–Crippen LogP) is 4.18. The van der Waals surface area contributed by atoms with E-state index in [9.17, 15) is 17.6 Å². The molecule has 3 heterocycles. The number of fused-ring (bicyclic) bond motifs is 3. The zero-order chi connectivity index (χ0) is 17.0. The Kier molecular flexibility index (Phi) is 3.45. The number of imidazole rings is 1. The maximum Gasteiger partial charge on any atom is 0.259 e. The van der Waals surface area contributed by atoms with Crippen LogP contribution in [0.4, 0.5) is 17.6 Å². The number of halogens is 5. The van der Waals surface area contributed by atoms with Crippen molar-refractivity contribution in [3.63, 3.8) is 0 Å². The molecule has 4 nitrogen and oxygen atoms in total. The molecule has 1 aliphatic heterocycles. The Labute approximate surface area is 138 Å². The fourth-order valence-electron chi connectivity index (χ4n) is 3.08. The van der Waals surface area contributed by atoms with Crippen molar-refractivity contribution < 1.29 is 17.6 Å².